The Kier molecular flexibility index (Phi) is 4.58. The summed E-state index contributed by atoms with van der Waals surface area (Å²) in [5, 5.41) is 3.30. The first kappa shape index (κ1) is 12.8. The first-order valence-electron chi connectivity index (χ1n) is 4.98. The number of benzene rings is 1. The highest BCUT2D eigenvalue weighted by Gasteiger charge is 2.18. The van der Waals surface area contributed by atoms with Crippen LogP contribution >= 0.6 is 12.4 Å². The molecule has 0 aliphatic carbocycles. The van der Waals surface area contributed by atoms with Crippen LogP contribution < -0.4 is 11.1 Å². The standard InChI is InChI=1S/C11H14N2O2.ClH/c12-11(14)15-7-10-5-8-3-1-2-4-9(8)6-13-10;/h1-4,10,13H,5-7H2,(H2,12,14);1H. The van der Waals surface area contributed by atoms with Gasteiger partial charge in [0, 0.05) is 12.6 Å². The van der Waals surface area contributed by atoms with E-state index >= 15 is 0 Å². The first-order valence-corrected chi connectivity index (χ1v) is 4.98. The number of hydrogen-bond donors (Lipinski definition) is 2. The predicted molar refractivity (Wildman–Crippen MR) is 63.6 cm³/mol. The molecule has 5 heteroatoms. The number of hydrogen-bond acceptors (Lipinski definition) is 3. The van der Waals surface area contributed by atoms with Gasteiger partial charge in [0.1, 0.15) is 6.61 Å². The molecule has 0 aromatic heterocycles. The maximum absolute atomic E-state index is 10.5. The Bertz CT molecular complexity index is 371. The van der Waals surface area contributed by atoms with Crippen molar-refractivity contribution in [1.29, 1.82) is 0 Å². The number of amides is 1. The smallest absolute Gasteiger partial charge is 0.404 e. The van der Waals surface area contributed by atoms with Gasteiger partial charge in [-0.15, -0.1) is 12.4 Å². The number of carbonyl (C=O) groups excluding carboxylic acids is 1. The minimum absolute atomic E-state index is 0. The number of primary amides is 1. The number of ether oxygens (including phenoxy) is 1. The van der Waals surface area contributed by atoms with Crippen molar-refractivity contribution < 1.29 is 9.53 Å². The molecule has 3 N–H and O–H groups in total. The van der Waals surface area contributed by atoms with Crippen LogP contribution in [0.4, 0.5) is 4.79 Å². The van der Waals surface area contributed by atoms with E-state index in [0.717, 1.165) is 13.0 Å². The molecule has 1 atom stereocenters. The molecule has 1 aliphatic rings. The van der Waals surface area contributed by atoms with E-state index < -0.39 is 6.09 Å². The topological polar surface area (TPSA) is 64.4 Å². The number of fused-ring (bicyclic) bond motifs is 1. The summed E-state index contributed by atoms with van der Waals surface area (Å²) in [5.74, 6) is 0. The summed E-state index contributed by atoms with van der Waals surface area (Å²) in [7, 11) is 0. The first-order chi connectivity index (χ1) is 7.25. The normalized spacial score (nSPS) is 18.1. The molecule has 0 radical (unpaired) electrons. The fourth-order valence-corrected chi connectivity index (χ4v) is 1.82. The second-order valence-corrected chi connectivity index (χ2v) is 3.68. The molecule has 0 saturated carbocycles. The number of halogens is 1. The molecule has 2 rings (SSSR count). The molecule has 0 bridgehead atoms. The van der Waals surface area contributed by atoms with Gasteiger partial charge in [-0.1, -0.05) is 24.3 Å². The minimum atomic E-state index is -0.712. The van der Waals surface area contributed by atoms with Crippen LogP contribution in [0.1, 0.15) is 11.1 Å². The van der Waals surface area contributed by atoms with E-state index in [-0.39, 0.29) is 18.4 Å². The monoisotopic (exact) mass is 242 g/mol. The maximum Gasteiger partial charge on any atom is 0.404 e. The molecule has 1 unspecified atom stereocenters. The van der Waals surface area contributed by atoms with Crippen molar-refractivity contribution in [2.45, 2.75) is 19.0 Å². The Hall–Kier alpha value is -1.26. The molecular weight excluding hydrogens is 228 g/mol. The van der Waals surface area contributed by atoms with E-state index in [0.29, 0.717) is 6.61 Å². The van der Waals surface area contributed by atoms with Crippen LogP contribution in [0.2, 0.25) is 0 Å². The van der Waals surface area contributed by atoms with Crippen LogP contribution in [0.3, 0.4) is 0 Å². The van der Waals surface area contributed by atoms with Gasteiger partial charge in [-0.3, -0.25) is 0 Å². The van der Waals surface area contributed by atoms with Crippen molar-refractivity contribution in [3.05, 3.63) is 35.4 Å². The zero-order valence-corrected chi connectivity index (χ0v) is 9.63. The van der Waals surface area contributed by atoms with Crippen LogP contribution in [0, 0.1) is 0 Å². The van der Waals surface area contributed by atoms with E-state index in [1.165, 1.54) is 11.1 Å². The molecule has 0 spiro atoms. The van der Waals surface area contributed by atoms with E-state index in [1.54, 1.807) is 0 Å². The van der Waals surface area contributed by atoms with Crippen LogP contribution in [-0.2, 0) is 17.7 Å². The van der Waals surface area contributed by atoms with E-state index in [1.807, 2.05) is 12.1 Å². The molecule has 88 valence electrons. The van der Waals surface area contributed by atoms with Crippen molar-refractivity contribution in [3.63, 3.8) is 0 Å². The highest BCUT2D eigenvalue weighted by atomic mass is 35.5. The quantitative estimate of drug-likeness (QED) is 0.820. The number of nitrogens with one attached hydrogen (secondary N) is 1. The Balaban J connectivity index is 0.00000128. The maximum atomic E-state index is 10.5. The second kappa shape index (κ2) is 5.72. The molecule has 1 aliphatic heterocycles. The molecule has 0 saturated heterocycles. The zero-order valence-electron chi connectivity index (χ0n) is 8.81. The van der Waals surface area contributed by atoms with Crippen molar-refractivity contribution >= 4 is 18.5 Å². The van der Waals surface area contributed by atoms with Crippen LogP contribution in [-0.4, -0.2) is 18.7 Å². The Morgan fingerprint density at radius 2 is 2.12 bits per heavy atom. The summed E-state index contributed by atoms with van der Waals surface area (Å²) < 4.78 is 4.77. The van der Waals surface area contributed by atoms with Gasteiger partial charge < -0.3 is 15.8 Å². The summed E-state index contributed by atoms with van der Waals surface area (Å²) in [4.78, 5) is 10.5. The fraction of sp³-hybridized carbons (Fsp3) is 0.364. The highest BCUT2D eigenvalue weighted by molar-refractivity contribution is 5.85. The van der Waals surface area contributed by atoms with E-state index in [2.05, 4.69) is 17.4 Å². The summed E-state index contributed by atoms with van der Waals surface area (Å²) in [6.07, 6.45) is 0.166. The minimum Gasteiger partial charge on any atom is -0.448 e. The summed E-state index contributed by atoms with van der Waals surface area (Å²) >= 11 is 0. The van der Waals surface area contributed by atoms with Gasteiger partial charge >= 0.3 is 6.09 Å². The molecule has 1 heterocycles. The number of carbonyl (C=O) groups is 1. The Morgan fingerprint density at radius 1 is 1.44 bits per heavy atom. The van der Waals surface area contributed by atoms with Gasteiger partial charge in [0.25, 0.3) is 0 Å². The lowest BCUT2D eigenvalue weighted by molar-refractivity contribution is 0.141. The SMILES string of the molecule is Cl.NC(=O)OCC1Cc2ccccc2CN1. The van der Waals surface area contributed by atoms with Crippen LogP contribution in [0.5, 0.6) is 0 Å². The zero-order chi connectivity index (χ0) is 10.7. The van der Waals surface area contributed by atoms with Gasteiger partial charge in [-0.25, -0.2) is 4.79 Å². The summed E-state index contributed by atoms with van der Waals surface area (Å²) in [6, 6.07) is 8.44. The highest BCUT2D eigenvalue weighted by Crippen LogP contribution is 2.16. The number of rotatable bonds is 2. The van der Waals surface area contributed by atoms with Gasteiger partial charge in [0.2, 0.25) is 0 Å². The molecule has 0 fully saturated rings. The average molecular weight is 243 g/mol. The third-order valence-corrected chi connectivity index (χ3v) is 2.59. The van der Waals surface area contributed by atoms with Crippen molar-refractivity contribution in [1.82, 2.24) is 5.32 Å². The molecule has 4 nitrogen and oxygen atoms in total. The Morgan fingerprint density at radius 3 is 2.81 bits per heavy atom. The predicted octanol–water partition coefficient (Wildman–Crippen LogP) is 1.22. The lowest BCUT2D eigenvalue weighted by Gasteiger charge is -2.25. The molecule has 1 aromatic carbocycles. The van der Waals surface area contributed by atoms with Gasteiger partial charge in [-0.05, 0) is 17.5 Å². The van der Waals surface area contributed by atoms with Crippen molar-refractivity contribution in [3.8, 4) is 0 Å². The second-order valence-electron chi connectivity index (χ2n) is 3.68. The average Bonchev–Trinajstić information content (AvgIpc) is 2.26. The molecule has 16 heavy (non-hydrogen) atoms. The van der Waals surface area contributed by atoms with Crippen LogP contribution in [0.15, 0.2) is 24.3 Å². The van der Waals surface area contributed by atoms with Crippen molar-refractivity contribution in [2.75, 3.05) is 6.61 Å². The molecule has 1 aromatic rings. The van der Waals surface area contributed by atoms with Gasteiger partial charge in [0.15, 0.2) is 0 Å². The van der Waals surface area contributed by atoms with Crippen molar-refractivity contribution in [2.24, 2.45) is 5.73 Å². The molecular formula is C11H15ClN2O2. The van der Waals surface area contributed by atoms with E-state index in [9.17, 15) is 4.79 Å². The summed E-state index contributed by atoms with van der Waals surface area (Å²) in [6.45, 7) is 1.16. The number of nitrogens with two attached hydrogens (primary N) is 1. The van der Waals surface area contributed by atoms with E-state index in [4.69, 9.17) is 10.5 Å². The Labute approximate surface area is 101 Å². The van der Waals surface area contributed by atoms with Gasteiger partial charge in [0.05, 0.1) is 0 Å². The lowest BCUT2D eigenvalue weighted by atomic mass is 9.96. The van der Waals surface area contributed by atoms with Gasteiger partial charge in [-0.2, -0.15) is 0 Å². The third-order valence-electron chi connectivity index (χ3n) is 2.59. The third kappa shape index (κ3) is 3.12. The summed E-state index contributed by atoms with van der Waals surface area (Å²) in [5.41, 5.74) is 7.54. The van der Waals surface area contributed by atoms with Crippen LogP contribution in [0.25, 0.3) is 0 Å². The fourth-order valence-electron chi connectivity index (χ4n) is 1.82. The molecule has 1 amide bonds. The lowest BCUT2D eigenvalue weighted by Crippen LogP contribution is -2.40. The largest absolute Gasteiger partial charge is 0.448 e.